The second kappa shape index (κ2) is 6.18. The molecule has 104 valence electrons. The van der Waals surface area contributed by atoms with E-state index < -0.39 is 0 Å². The summed E-state index contributed by atoms with van der Waals surface area (Å²) in [6.45, 7) is 4.04. The van der Waals surface area contributed by atoms with E-state index in [-0.39, 0.29) is 10.8 Å². The third-order valence-corrected chi connectivity index (χ3v) is 4.65. The van der Waals surface area contributed by atoms with Crippen molar-refractivity contribution in [3.63, 3.8) is 0 Å². The highest BCUT2D eigenvalue weighted by molar-refractivity contribution is 9.10. The minimum atomic E-state index is -0.262. The Kier molecular flexibility index (Phi) is 4.79. The van der Waals surface area contributed by atoms with Crippen LogP contribution in [-0.4, -0.2) is 18.1 Å². The van der Waals surface area contributed by atoms with E-state index in [9.17, 15) is 4.39 Å². The van der Waals surface area contributed by atoms with E-state index in [2.05, 4.69) is 27.8 Å². The molecule has 1 fully saturated rings. The molecule has 19 heavy (non-hydrogen) atoms. The molecule has 5 heteroatoms. The molecule has 1 heterocycles. The van der Waals surface area contributed by atoms with Gasteiger partial charge in [-0.25, -0.2) is 4.39 Å². The number of nitrogens with two attached hydrogens (primary N) is 1. The van der Waals surface area contributed by atoms with Crippen molar-refractivity contribution in [2.24, 2.45) is 11.7 Å². The number of anilines is 1. The number of thiocarbonyl (C=S) groups is 1. The van der Waals surface area contributed by atoms with Crippen molar-refractivity contribution in [1.29, 1.82) is 0 Å². The third kappa shape index (κ3) is 3.08. The van der Waals surface area contributed by atoms with Gasteiger partial charge in [-0.2, -0.15) is 0 Å². The molecule has 2 nitrogen and oxygen atoms in total. The second-order valence-electron chi connectivity index (χ2n) is 5.01. The maximum atomic E-state index is 14.4. The van der Waals surface area contributed by atoms with E-state index in [1.807, 2.05) is 0 Å². The molecule has 1 unspecified atom stereocenters. The van der Waals surface area contributed by atoms with Gasteiger partial charge in [-0.3, -0.25) is 0 Å². The number of halogens is 2. The van der Waals surface area contributed by atoms with Gasteiger partial charge in [0, 0.05) is 18.7 Å². The van der Waals surface area contributed by atoms with Crippen LogP contribution in [0.2, 0.25) is 0 Å². The average Bonchev–Trinajstić information content (AvgIpc) is 2.81. The zero-order chi connectivity index (χ0) is 14.0. The number of rotatable bonds is 4. The molecule has 0 aromatic heterocycles. The van der Waals surface area contributed by atoms with Crippen LogP contribution >= 0.6 is 28.1 Å². The van der Waals surface area contributed by atoms with Gasteiger partial charge >= 0.3 is 0 Å². The second-order valence-corrected chi connectivity index (χ2v) is 6.25. The minimum absolute atomic E-state index is 0.211. The fourth-order valence-corrected chi connectivity index (χ4v) is 3.52. The summed E-state index contributed by atoms with van der Waals surface area (Å²) in [4.78, 5) is 2.33. The van der Waals surface area contributed by atoms with E-state index in [1.165, 1.54) is 12.8 Å². The van der Waals surface area contributed by atoms with Crippen LogP contribution in [0.3, 0.4) is 0 Å². The highest BCUT2D eigenvalue weighted by atomic mass is 79.9. The molecular formula is C14H18BrFN2S. The van der Waals surface area contributed by atoms with Crippen molar-refractivity contribution in [3.8, 4) is 0 Å². The summed E-state index contributed by atoms with van der Waals surface area (Å²) in [5.41, 5.74) is 6.77. The zero-order valence-electron chi connectivity index (χ0n) is 11.0. The van der Waals surface area contributed by atoms with E-state index in [0.717, 1.165) is 19.5 Å². The SMILES string of the molecule is CCCC1CCN(c2ccc(C(N)=S)c(Br)c2F)C1. The van der Waals surface area contributed by atoms with E-state index >= 15 is 0 Å². The first kappa shape index (κ1) is 14.7. The number of hydrogen-bond acceptors (Lipinski definition) is 2. The molecule has 2 N–H and O–H groups in total. The molecular weight excluding hydrogens is 327 g/mol. The van der Waals surface area contributed by atoms with Crippen LogP contribution in [0.4, 0.5) is 10.1 Å². The largest absolute Gasteiger partial charge is 0.389 e. The lowest BCUT2D eigenvalue weighted by Gasteiger charge is -2.20. The highest BCUT2D eigenvalue weighted by Gasteiger charge is 2.25. The Bertz CT molecular complexity index is 493. The molecule has 0 spiro atoms. The first-order valence-corrected chi connectivity index (χ1v) is 7.77. The number of benzene rings is 1. The van der Waals surface area contributed by atoms with Crippen molar-refractivity contribution >= 4 is 38.8 Å². The van der Waals surface area contributed by atoms with Gasteiger partial charge in [-0.15, -0.1) is 0 Å². The molecule has 0 radical (unpaired) electrons. The fourth-order valence-electron chi connectivity index (χ4n) is 2.67. The zero-order valence-corrected chi connectivity index (χ0v) is 13.4. The molecule has 1 aliphatic heterocycles. The van der Waals surface area contributed by atoms with Crippen LogP contribution in [0.25, 0.3) is 0 Å². The van der Waals surface area contributed by atoms with Crippen LogP contribution < -0.4 is 10.6 Å². The van der Waals surface area contributed by atoms with Crippen molar-refractivity contribution in [2.45, 2.75) is 26.2 Å². The molecule has 0 saturated carbocycles. The van der Waals surface area contributed by atoms with Gasteiger partial charge in [-0.1, -0.05) is 25.6 Å². The Morgan fingerprint density at radius 3 is 2.95 bits per heavy atom. The van der Waals surface area contributed by atoms with Gasteiger partial charge in [0.1, 0.15) is 4.99 Å². The van der Waals surface area contributed by atoms with Crippen LogP contribution in [0.15, 0.2) is 16.6 Å². The Morgan fingerprint density at radius 1 is 1.58 bits per heavy atom. The molecule has 1 aromatic rings. The van der Waals surface area contributed by atoms with Crippen molar-refractivity contribution in [1.82, 2.24) is 0 Å². The summed E-state index contributed by atoms with van der Waals surface area (Å²) in [6, 6.07) is 3.57. The molecule has 0 bridgehead atoms. The van der Waals surface area contributed by atoms with Gasteiger partial charge < -0.3 is 10.6 Å². The van der Waals surface area contributed by atoms with Gasteiger partial charge in [0.25, 0.3) is 0 Å². The maximum absolute atomic E-state index is 14.4. The summed E-state index contributed by atoms with van der Waals surface area (Å²) < 4.78 is 14.8. The summed E-state index contributed by atoms with van der Waals surface area (Å²) in [5.74, 6) is 0.417. The predicted octanol–water partition coefficient (Wildman–Crippen LogP) is 3.85. The Hall–Kier alpha value is -0.680. The third-order valence-electron chi connectivity index (χ3n) is 3.65. The summed E-state index contributed by atoms with van der Waals surface area (Å²) in [6.07, 6.45) is 3.54. The van der Waals surface area contributed by atoms with Crippen molar-refractivity contribution < 1.29 is 4.39 Å². The van der Waals surface area contributed by atoms with Crippen LogP contribution in [0.1, 0.15) is 31.7 Å². The smallest absolute Gasteiger partial charge is 0.161 e. The normalized spacial score (nSPS) is 18.9. The lowest BCUT2D eigenvalue weighted by molar-refractivity contribution is 0.528. The van der Waals surface area contributed by atoms with Crippen LogP contribution in [-0.2, 0) is 0 Å². The van der Waals surface area contributed by atoms with Gasteiger partial charge in [0.05, 0.1) is 10.2 Å². The molecule has 1 saturated heterocycles. The van der Waals surface area contributed by atoms with Crippen molar-refractivity contribution in [3.05, 3.63) is 28.0 Å². The molecule has 2 rings (SSSR count). The quantitative estimate of drug-likeness (QED) is 0.841. The van der Waals surface area contributed by atoms with Crippen molar-refractivity contribution in [2.75, 3.05) is 18.0 Å². The minimum Gasteiger partial charge on any atom is -0.389 e. The molecule has 1 aromatic carbocycles. The molecule has 0 aliphatic carbocycles. The predicted molar refractivity (Wildman–Crippen MR) is 85.2 cm³/mol. The van der Waals surface area contributed by atoms with Gasteiger partial charge in [0.2, 0.25) is 0 Å². The fraction of sp³-hybridized carbons (Fsp3) is 0.500. The first-order valence-electron chi connectivity index (χ1n) is 6.57. The number of hydrogen-bond donors (Lipinski definition) is 1. The monoisotopic (exact) mass is 344 g/mol. The van der Waals surface area contributed by atoms with E-state index in [4.69, 9.17) is 18.0 Å². The highest BCUT2D eigenvalue weighted by Crippen LogP contribution is 2.33. The lowest BCUT2D eigenvalue weighted by atomic mass is 10.0. The Balaban J connectivity index is 2.23. The summed E-state index contributed by atoms with van der Waals surface area (Å²) in [5, 5.41) is 0. The first-order chi connectivity index (χ1) is 9.04. The molecule has 1 atom stereocenters. The van der Waals surface area contributed by atoms with Crippen LogP contribution in [0, 0.1) is 11.7 Å². The van der Waals surface area contributed by atoms with Gasteiger partial charge in [0.15, 0.2) is 5.82 Å². The average molecular weight is 345 g/mol. The van der Waals surface area contributed by atoms with Crippen LogP contribution in [0.5, 0.6) is 0 Å². The lowest BCUT2D eigenvalue weighted by Crippen LogP contribution is -2.22. The van der Waals surface area contributed by atoms with E-state index in [0.29, 0.717) is 21.6 Å². The molecule has 1 aliphatic rings. The van der Waals surface area contributed by atoms with E-state index in [1.54, 1.807) is 12.1 Å². The molecule has 0 amide bonds. The maximum Gasteiger partial charge on any atom is 0.161 e. The topological polar surface area (TPSA) is 29.3 Å². The summed E-state index contributed by atoms with van der Waals surface area (Å²) >= 11 is 8.16. The number of nitrogens with zero attached hydrogens (tertiary/aromatic N) is 1. The van der Waals surface area contributed by atoms with Gasteiger partial charge in [-0.05, 0) is 46.8 Å². The Labute approximate surface area is 127 Å². The standard InChI is InChI=1S/C14H18BrFN2S/c1-2-3-9-6-7-18(8-9)11-5-4-10(14(17)19)12(15)13(11)16/h4-5,9H,2-3,6-8H2,1H3,(H2,17,19). The summed E-state index contributed by atoms with van der Waals surface area (Å²) in [7, 11) is 0. The Morgan fingerprint density at radius 2 is 2.32 bits per heavy atom.